The van der Waals surface area contributed by atoms with Crippen molar-refractivity contribution >= 4 is 41.6 Å². The fourth-order valence-electron chi connectivity index (χ4n) is 16.6. The van der Waals surface area contributed by atoms with Gasteiger partial charge >= 0.3 is 35.8 Å². The number of carbonyl (C=O) groups is 7. The molecule has 3 atom stereocenters. The van der Waals surface area contributed by atoms with Gasteiger partial charge in [-0.25, -0.2) is 9.59 Å². The summed E-state index contributed by atoms with van der Waals surface area (Å²) in [6.45, 7) is 27.1. The molecule has 0 aromatic rings. The molecule has 12 bridgehead atoms. The summed E-state index contributed by atoms with van der Waals surface area (Å²) in [5.74, 6) is 4.71. The zero-order valence-corrected chi connectivity index (χ0v) is 52.0. The van der Waals surface area contributed by atoms with Crippen LogP contribution in [0, 0.1) is 86.8 Å². The largest absolute Gasteiger partial charge is 0.465 e. The zero-order chi connectivity index (χ0) is 59.0. The molecule has 1 aliphatic heterocycles. The highest BCUT2D eigenvalue weighted by atomic mass is 16.6. The van der Waals surface area contributed by atoms with E-state index in [9.17, 15) is 38.7 Å². The standard InChI is InChI=1S/C21H32O6.C18H30O2.C16H26O3.C11H18O3/c1-5-20(2,3)19(24)26-11-17(22)25-12-18(23)27-21(4)15-7-13-6-14(9-15)10-16(21)8-13;1-5-17(3,4)16(19)20-18(6-2)14-8-12-7-13(10-14)11-15(18)9-12;1-4-14(2,3)13(17)19-16-8-11-5-12(9-16)7-15(18,6-11)10-16;1-4-11(2,3)9(12)7-8-5-6-14-10(8)13/h13-16H,5-12H2,1-4H3;12-15H,5-11H2,1-4H3;11-12,18H,4-10H2,1-3H3;8H,4-7H2,1-3H3. The van der Waals surface area contributed by atoms with Crippen LogP contribution in [0.25, 0.3) is 0 Å². The van der Waals surface area contributed by atoms with Crippen LogP contribution in [0.15, 0.2) is 0 Å². The Morgan fingerprint density at radius 2 is 0.950 bits per heavy atom. The first-order chi connectivity index (χ1) is 37.3. The van der Waals surface area contributed by atoms with E-state index < -0.39 is 53.2 Å². The number of ketones is 1. The average Bonchev–Trinajstić information content (AvgIpc) is 3.79. The van der Waals surface area contributed by atoms with Gasteiger partial charge < -0.3 is 33.5 Å². The number of rotatable bonds is 18. The van der Waals surface area contributed by atoms with E-state index in [1.807, 2.05) is 62.3 Å². The third-order valence-corrected chi connectivity index (χ3v) is 22.8. The highest BCUT2D eigenvalue weighted by Gasteiger charge is 2.61. The molecule has 3 unspecified atom stereocenters. The number of cyclic esters (lactones) is 1. The Morgan fingerprint density at radius 1 is 0.525 bits per heavy atom. The Labute approximate surface area is 480 Å². The summed E-state index contributed by atoms with van der Waals surface area (Å²) >= 11 is 0. The molecule has 0 aromatic carbocycles. The van der Waals surface area contributed by atoms with Gasteiger partial charge in [0, 0.05) is 18.3 Å². The summed E-state index contributed by atoms with van der Waals surface area (Å²) in [5, 5.41) is 10.6. The predicted octanol–water partition coefficient (Wildman–Crippen LogP) is 12.8. The molecule has 0 amide bonds. The van der Waals surface area contributed by atoms with E-state index in [-0.39, 0.29) is 51.6 Å². The molecule has 13 aliphatic rings. The van der Waals surface area contributed by atoms with Crippen LogP contribution in [0.3, 0.4) is 0 Å². The number of carbonyl (C=O) groups excluding carboxylic acids is 7. The van der Waals surface area contributed by atoms with Crippen molar-refractivity contribution in [3.8, 4) is 0 Å². The first-order valence-corrected chi connectivity index (χ1v) is 31.7. The lowest BCUT2D eigenvalue weighted by molar-refractivity contribution is -0.225. The van der Waals surface area contributed by atoms with Crippen LogP contribution in [0.2, 0.25) is 0 Å². The minimum atomic E-state index is -0.734. The lowest BCUT2D eigenvalue weighted by Gasteiger charge is -2.60. The van der Waals surface area contributed by atoms with Crippen molar-refractivity contribution in [2.75, 3.05) is 19.8 Å². The summed E-state index contributed by atoms with van der Waals surface area (Å²) in [6.07, 6.45) is 23.3. The van der Waals surface area contributed by atoms with Crippen molar-refractivity contribution in [3.63, 3.8) is 0 Å². The molecule has 0 spiro atoms. The molecule has 13 rings (SSSR count). The quantitative estimate of drug-likeness (QED) is 0.101. The van der Waals surface area contributed by atoms with E-state index in [4.69, 9.17) is 28.4 Å². The third kappa shape index (κ3) is 14.2. The van der Waals surface area contributed by atoms with Crippen LogP contribution >= 0.6 is 0 Å². The second-order valence-electron chi connectivity index (χ2n) is 30.2. The molecule has 12 saturated carbocycles. The maximum absolute atomic E-state index is 12.6. The van der Waals surface area contributed by atoms with Gasteiger partial charge in [-0.05, 0) is 242 Å². The number of aliphatic hydroxyl groups is 1. The Kier molecular flexibility index (Phi) is 19.7. The minimum absolute atomic E-state index is 0.0364. The van der Waals surface area contributed by atoms with Crippen molar-refractivity contribution in [2.24, 2.45) is 86.8 Å². The first kappa shape index (κ1) is 64.0. The molecule has 80 heavy (non-hydrogen) atoms. The van der Waals surface area contributed by atoms with E-state index in [1.165, 1.54) is 44.9 Å². The molecule has 454 valence electrons. The molecule has 1 N–H and O–H groups in total. The Balaban J connectivity index is 0.000000158. The van der Waals surface area contributed by atoms with Crippen LogP contribution in [-0.2, 0) is 62.0 Å². The zero-order valence-electron chi connectivity index (χ0n) is 52.0. The number of Topliss-reactive ketones (excluding diaryl/α,β-unsaturated/α-hetero) is 1. The fourth-order valence-corrected chi connectivity index (χ4v) is 16.6. The van der Waals surface area contributed by atoms with Crippen molar-refractivity contribution in [1.29, 1.82) is 0 Å². The normalized spacial score (nSPS) is 36.7. The molecular weight excluding hydrogens is 1020 g/mol. The van der Waals surface area contributed by atoms with Crippen molar-refractivity contribution in [3.05, 3.63) is 0 Å². The van der Waals surface area contributed by atoms with Gasteiger partial charge in [0.1, 0.15) is 22.6 Å². The molecule has 14 nitrogen and oxygen atoms in total. The smallest absolute Gasteiger partial charge is 0.344 e. The number of ether oxygens (including phenoxy) is 6. The topological polar surface area (TPSA) is 195 Å². The second kappa shape index (κ2) is 24.6. The maximum atomic E-state index is 12.6. The van der Waals surface area contributed by atoms with E-state index in [2.05, 4.69) is 20.8 Å². The molecular formula is C66H106O14. The van der Waals surface area contributed by atoms with Gasteiger partial charge in [0.2, 0.25) is 0 Å². The van der Waals surface area contributed by atoms with Crippen molar-refractivity contribution in [2.45, 2.75) is 267 Å². The Morgan fingerprint density at radius 3 is 1.38 bits per heavy atom. The van der Waals surface area contributed by atoms with Gasteiger partial charge in [0.25, 0.3) is 0 Å². The monoisotopic (exact) mass is 1120 g/mol. The summed E-state index contributed by atoms with van der Waals surface area (Å²) in [7, 11) is 0. The van der Waals surface area contributed by atoms with Crippen LogP contribution in [0.1, 0.15) is 245 Å². The highest BCUT2D eigenvalue weighted by molar-refractivity contribution is 5.88. The predicted molar refractivity (Wildman–Crippen MR) is 303 cm³/mol. The lowest BCUT2D eigenvalue weighted by atomic mass is 9.49. The van der Waals surface area contributed by atoms with Crippen molar-refractivity contribution < 1.29 is 67.1 Å². The molecule has 1 heterocycles. The molecule has 12 aliphatic carbocycles. The maximum Gasteiger partial charge on any atom is 0.344 e. The first-order valence-electron chi connectivity index (χ1n) is 31.7. The lowest BCUT2D eigenvalue weighted by Crippen LogP contribution is -2.61. The number of esters is 6. The van der Waals surface area contributed by atoms with Crippen LogP contribution in [-0.4, -0.2) is 88.9 Å². The highest BCUT2D eigenvalue weighted by Crippen LogP contribution is 2.62. The molecule has 0 aromatic heterocycles. The number of hydrogen-bond donors (Lipinski definition) is 1. The molecule has 13 fully saturated rings. The van der Waals surface area contributed by atoms with E-state index in [1.54, 1.807) is 13.8 Å². The summed E-state index contributed by atoms with van der Waals surface area (Å²) in [5.41, 5.74) is -3.17. The van der Waals surface area contributed by atoms with E-state index >= 15 is 0 Å². The van der Waals surface area contributed by atoms with Crippen molar-refractivity contribution in [1.82, 2.24) is 0 Å². The van der Waals surface area contributed by atoms with Gasteiger partial charge in [-0.1, -0.05) is 48.5 Å². The molecule has 0 radical (unpaired) electrons. The van der Waals surface area contributed by atoms with Gasteiger partial charge in [0.05, 0.1) is 34.4 Å². The average molecular weight is 1120 g/mol. The van der Waals surface area contributed by atoms with Crippen LogP contribution < -0.4 is 0 Å². The third-order valence-electron chi connectivity index (χ3n) is 22.8. The minimum Gasteiger partial charge on any atom is -0.465 e. The van der Waals surface area contributed by atoms with E-state index in [0.717, 1.165) is 101 Å². The number of hydrogen-bond acceptors (Lipinski definition) is 14. The summed E-state index contributed by atoms with van der Waals surface area (Å²) < 4.78 is 32.8. The fraction of sp³-hybridized carbons (Fsp3) is 0.894. The summed E-state index contributed by atoms with van der Waals surface area (Å²) in [4.78, 5) is 83.9. The SMILES string of the molecule is CCC(C)(C)C(=O)CC1CCOC1=O.CCC(C)(C)C(=O)OC1(CC)C2CC3CC(C2)CC1C3.CCC(C)(C)C(=O)OC12CC3CC(CC(O)(C3)C1)C2.CCC(C)(C)C(=O)OCC(=O)OCC(=O)OC1(C)C2CC3CC(C2)CC1C3. The van der Waals surface area contributed by atoms with Crippen LogP contribution in [0.5, 0.6) is 0 Å². The van der Waals surface area contributed by atoms with Gasteiger partial charge in [-0.15, -0.1) is 0 Å². The second-order valence-corrected chi connectivity index (χ2v) is 30.2. The van der Waals surface area contributed by atoms with Crippen LogP contribution in [0.4, 0.5) is 0 Å². The van der Waals surface area contributed by atoms with Gasteiger partial charge in [-0.2, -0.15) is 0 Å². The van der Waals surface area contributed by atoms with E-state index in [0.29, 0.717) is 67.8 Å². The molecule has 14 heteroatoms. The Bertz CT molecular complexity index is 2180. The van der Waals surface area contributed by atoms with Gasteiger partial charge in [0.15, 0.2) is 13.2 Å². The molecule has 1 saturated heterocycles. The van der Waals surface area contributed by atoms with Gasteiger partial charge in [-0.3, -0.25) is 24.0 Å². The summed E-state index contributed by atoms with van der Waals surface area (Å²) in [6, 6.07) is 0. The Hall–Kier alpha value is -3.55.